The Balaban J connectivity index is 2.25. The van der Waals surface area contributed by atoms with E-state index < -0.39 is 10.0 Å². The van der Waals surface area contributed by atoms with Crippen LogP contribution < -0.4 is 0 Å². The third-order valence-electron chi connectivity index (χ3n) is 4.26. The maximum Gasteiger partial charge on any atom is 0.246 e. The van der Waals surface area contributed by atoms with Crippen molar-refractivity contribution in [3.05, 3.63) is 11.9 Å². The maximum absolute atomic E-state index is 12.8. The summed E-state index contributed by atoms with van der Waals surface area (Å²) in [7, 11) is 0.295. The van der Waals surface area contributed by atoms with Crippen molar-refractivity contribution in [3.63, 3.8) is 0 Å². The van der Waals surface area contributed by atoms with Crippen molar-refractivity contribution in [2.75, 3.05) is 27.2 Å². The first kappa shape index (κ1) is 16.5. The minimum Gasteiger partial charge on any atom is -0.306 e. The van der Waals surface area contributed by atoms with E-state index in [1.807, 2.05) is 13.8 Å². The molecule has 120 valence electrons. The van der Waals surface area contributed by atoms with Gasteiger partial charge in [0.25, 0.3) is 0 Å². The summed E-state index contributed by atoms with van der Waals surface area (Å²) >= 11 is 0. The third-order valence-corrected chi connectivity index (χ3v) is 6.27. The fraction of sp³-hybridized carbons (Fsp3) is 0.786. The molecule has 0 aliphatic carbocycles. The quantitative estimate of drug-likeness (QED) is 0.845. The summed E-state index contributed by atoms with van der Waals surface area (Å²) in [6, 6.07) is 0.231. The molecule has 0 unspecified atom stereocenters. The minimum absolute atomic E-state index is 0.0769. The van der Waals surface area contributed by atoms with Crippen molar-refractivity contribution >= 4 is 10.0 Å². The van der Waals surface area contributed by atoms with E-state index in [0.29, 0.717) is 10.6 Å². The molecule has 1 aliphatic heterocycles. The van der Waals surface area contributed by atoms with Crippen molar-refractivity contribution in [2.24, 2.45) is 0 Å². The van der Waals surface area contributed by atoms with Crippen LogP contribution in [0.15, 0.2) is 11.1 Å². The molecule has 0 amide bonds. The van der Waals surface area contributed by atoms with Gasteiger partial charge in [-0.25, -0.2) is 8.42 Å². The predicted octanol–water partition coefficient (Wildman–Crippen LogP) is 1.49. The normalized spacial score (nSPS) is 18.8. The highest BCUT2D eigenvalue weighted by Crippen LogP contribution is 2.24. The van der Waals surface area contributed by atoms with Gasteiger partial charge in [-0.05, 0) is 53.8 Å². The molecular formula is C14H26N4O2S. The van der Waals surface area contributed by atoms with Gasteiger partial charge in [-0.3, -0.25) is 4.68 Å². The van der Waals surface area contributed by atoms with Gasteiger partial charge in [-0.2, -0.15) is 9.40 Å². The molecule has 1 aliphatic rings. The summed E-state index contributed by atoms with van der Waals surface area (Å²) in [5, 5.41) is 4.32. The first-order valence-electron chi connectivity index (χ1n) is 7.45. The van der Waals surface area contributed by atoms with Crippen molar-refractivity contribution < 1.29 is 8.42 Å². The van der Waals surface area contributed by atoms with Crippen molar-refractivity contribution in [1.82, 2.24) is 19.0 Å². The summed E-state index contributed by atoms with van der Waals surface area (Å²) in [5.74, 6) is 0. The van der Waals surface area contributed by atoms with Crippen LogP contribution in [0.1, 0.15) is 38.4 Å². The van der Waals surface area contributed by atoms with Crippen molar-refractivity contribution in [2.45, 2.75) is 50.6 Å². The number of hydrogen-bond donors (Lipinski definition) is 0. The molecular weight excluding hydrogens is 288 g/mol. The number of rotatable bonds is 4. The molecule has 6 nitrogen and oxygen atoms in total. The second kappa shape index (κ2) is 6.06. The van der Waals surface area contributed by atoms with Gasteiger partial charge in [0, 0.05) is 25.3 Å². The van der Waals surface area contributed by atoms with Crippen molar-refractivity contribution in [3.8, 4) is 0 Å². The molecule has 2 rings (SSSR count). The van der Waals surface area contributed by atoms with Gasteiger partial charge in [-0.1, -0.05) is 0 Å². The van der Waals surface area contributed by atoms with Crippen LogP contribution in [0.3, 0.4) is 0 Å². The van der Waals surface area contributed by atoms with Crippen LogP contribution in [-0.2, 0) is 10.0 Å². The fourth-order valence-corrected chi connectivity index (χ4v) is 4.26. The smallest absolute Gasteiger partial charge is 0.246 e. The highest BCUT2D eigenvalue weighted by molar-refractivity contribution is 7.89. The van der Waals surface area contributed by atoms with Crippen LogP contribution in [0.4, 0.5) is 0 Å². The third kappa shape index (κ3) is 3.30. The average Bonchev–Trinajstić information content (AvgIpc) is 2.82. The van der Waals surface area contributed by atoms with E-state index in [-0.39, 0.29) is 12.1 Å². The molecule has 21 heavy (non-hydrogen) atoms. The van der Waals surface area contributed by atoms with Crippen LogP contribution >= 0.6 is 0 Å². The van der Waals surface area contributed by atoms with E-state index in [1.165, 1.54) is 4.31 Å². The molecule has 2 heterocycles. The van der Waals surface area contributed by atoms with Gasteiger partial charge in [0.15, 0.2) is 0 Å². The fourth-order valence-electron chi connectivity index (χ4n) is 2.69. The van der Waals surface area contributed by atoms with E-state index in [9.17, 15) is 8.42 Å². The second-order valence-electron chi connectivity index (χ2n) is 6.21. The van der Waals surface area contributed by atoms with E-state index >= 15 is 0 Å². The Morgan fingerprint density at radius 2 is 1.90 bits per heavy atom. The Morgan fingerprint density at radius 3 is 2.38 bits per heavy atom. The number of sulfonamides is 1. The van der Waals surface area contributed by atoms with Gasteiger partial charge in [0.2, 0.25) is 10.0 Å². The van der Waals surface area contributed by atoms with Crippen molar-refractivity contribution in [1.29, 1.82) is 0 Å². The SMILES string of the molecule is Cc1nn(C(C)C)cc1S(=O)(=O)N(C)C1CCN(C)CC1. The zero-order valence-electron chi connectivity index (χ0n) is 13.6. The number of piperidine rings is 1. The van der Waals surface area contributed by atoms with Gasteiger partial charge < -0.3 is 4.90 Å². The van der Waals surface area contributed by atoms with Gasteiger partial charge in [-0.15, -0.1) is 0 Å². The van der Waals surface area contributed by atoms with Gasteiger partial charge in [0.05, 0.1) is 5.69 Å². The zero-order chi connectivity index (χ0) is 15.8. The molecule has 0 spiro atoms. The summed E-state index contributed by atoms with van der Waals surface area (Å²) in [4.78, 5) is 2.57. The molecule has 0 bridgehead atoms. The Hall–Kier alpha value is -0.920. The monoisotopic (exact) mass is 314 g/mol. The second-order valence-corrected chi connectivity index (χ2v) is 8.17. The standard InChI is InChI=1S/C14H26N4O2S/c1-11(2)18-10-14(12(3)15-18)21(19,20)17(5)13-6-8-16(4)9-7-13/h10-11,13H,6-9H2,1-5H3. The van der Waals surface area contributed by atoms with Crippen LogP contribution in [0, 0.1) is 6.92 Å². The average molecular weight is 314 g/mol. The largest absolute Gasteiger partial charge is 0.306 e. The Kier molecular flexibility index (Phi) is 4.75. The van der Waals surface area contributed by atoms with Crippen LogP contribution in [0.25, 0.3) is 0 Å². The molecule has 0 atom stereocenters. The number of aromatic nitrogens is 2. The topological polar surface area (TPSA) is 58.4 Å². The Labute approximate surface area is 127 Å². The van der Waals surface area contributed by atoms with Gasteiger partial charge >= 0.3 is 0 Å². The molecule has 0 N–H and O–H groups in total. The molecule has 0 saturated carbocycles. The lowest BCUT2D eigenvalue weighted by Gasteiger charge is -2.34. The summed E-state index contributed by atoms with van der Waals surface area (Å²) < 4.78 is 28.9. The molecule has 1 aromatic heterocycles. The summed E-state index contributed by atoms with van der Waals surface area (Å²) in [5.41, 5.74) is 0.573. The van der Waals surface area contributed by atoms with Crippen LogP contribution in [-0.4, -0.2) is 60.6 Å². The highest BCUT2D eigenvalue weighted by atomic mass is 32.2. The maximum atomic E-state index is 12.8. The van der Waals surface area contributed by atoms with Gasteiger partial charge in [0.1, 0.15) is 4.90 Å². The van der Waals surface area contributed by atoms with E-state index in [0.717, 1.165) is 25.9 Å². The van der Waals surface area contributed by atoms with Crippen LogP contribution in [0.5, 0.6) is 0 Å². The highest BCUT2D eigenvalue weighted by Gasteiger charge is 2.32. The van der Waals surface area contributed by atoms with Crippen LogP contribution in [0.2, 0.25) is 0 Å². The number of nitrogens with zero attached hydrogens (tertiary/aromatic N) is 4. The van der Waals surface area contributed by atoms with E-state index in [4.69, 9.17) is 0 Å². The molecule has 0 aromatic carbocycles. The first-order chi connectivity index (χ1) is 9.73. The number of likely N-dealkylation sites (tertiary alicyclic amines) is 1. The summed E-state index contributed by atoms with van der Waals surface area (Å²) in [6.45, 7) is 7.62. The number of hydrogen-bond acceptors (Lipinski definition) is 4. The molecule has 7 heteroatoms. The molecule has 1 fully saturated rings. The summed E-state index contributed by atoms with van der Waals surface area (Å²) in [6.07, 6.45) is 3.41. The zero-order valence-corrected chi connectivity index (χ0v) is 14.4. The number of aryl methyl sites for hydroxylation is 1. The first-order valence-corrected chi connectivity index (χ1v) is 8.90. The lowest BCUT2D eigenvalue weighted by Crippen LogP contribution is -2.44. The molecule has 1 saturated heterocycles. The lowest BCUT2D eigenvalue weighted by molar-refractivity contribution is 0.197. The Bertz CT molecular complexity index is 586. The van der Waals surface area contributed by atoms with E-state index in [2.05, 4.69) is 17.0 Å². The molecule has 1 aromatic rings. The lowest BCUT2D eigenvalue weighted by atomic mass is 10.1. The van der Waals surface area contributed by atoms with E-state index in [1.54, 1.807) is 24.9 Å². The predicted molar refractivity (Wildman–Crippen MR) is 82.8 cm³/mol. The Morgan fingerprint density at radius 1 is 1.33 bits per heavy atom. The minimum atomic E-state index is -3.47. The molecule has 0 radical (unpaired) electrons.